The summed E-state index contributed by atoms with van der Waals surface area (Å²) in [6, 6.07) is 9.17. The Bertz CT molecular complexity index is 563. The number of hydrogen-bond donors (Lipinski definition) is 1. The normalized spacial score (nSPS) is 10.3. The van der Waals surface area contributed by atoms with Gasteiger partial charge in [-0.15, -0.1) is 11.3 Å². The lowest BCUT2D eigenvalue weighted by Crippen LogP contribution is -2.04. The molecular formula is C13H12ClNO2S. The predicted molar refractivity (Wildman–Crippen MR) is 75.1 cm³/mol. The molecule has 0 aliphatic heterocycles. The largest absolute Gasteiger partial charge is 0.462 e. The van der Waals surface area contributed by atoms with Crippen LogP contribution in [0.4, 0.5) is 5.69 Å². The van der Waals surface area contributed by atoms with E-state index in [0.717, 1.165) is 10.4 Å². The fraction of sp³-hybridized carbons (Fsp3) is 0.154. The van der Waals surface area contributed by atoms with E-state index in [9.17, 15) is 4.79 Å². The van der Waals surface area contributed by atoms with Crippen LogP contribution in [0.25, 0.3) is 10.4 Å². The minimum absolute atomic E-state index is 0.340. The maximum Gasteiger partial charge on any atom is 0.350 e. The lowest BCUT2D eigenvalue weighted by molar-refractivity contribution is 0.0533. The van der Waals surface area contributed by atoms with Gasteiger partial charge in [0.2, 0.25) is 0 Å². The summed E-state index contributed by atoms with van der Waals surface area (Å²) in [4.78, 5) is 13.0. The Morgan fingerprint density at radius 2 is 2.06 bits per heavy atom. The van der Waals surface area contributed by atoms with E-state index in [4.69, 9.17) is 22.1 Å². The number of ether oxygens (including phenoxy) is 1. The predicted octanol–water partition coefficient (Wildman–Crippen LogP) is 3.83. The number of nitrogens with two attached hydrogens (primary N) is 1. The molecule has 2 N–H and O–H groups in total. The lowest BCUT2D eigenvalue weighted by Gasteiger charge is -1.99. The molecule has 0 spiro atoms. The van der Waals surface area contributed by atoms with E-state index in [2.05, 4.69) is 0 Å². The van der Waals surface area contributed by atoms with Crippen LogP contribution < -0.4 is 5.73 Å². The number of rotatable bonds is 3. The standard InChI is InChI=1S/C13H12ClNO2S/c1-2-17-13(16)12-10(15)7-11(18-12)8-3-5-9(14)6-4-8/h3-7H,2,15H2,1H3. The molecule has 0 bridgehead atoms. The van der Waals surface area contributed by atoms with Gasteiger partial charge in [-0.2, -0.15) is 0 Å². The zero-order valence-electron chi connectivity index (χ0n) is 9.77. The Kier molecular flexibility index (Phi) is 3.89. The van der Waals surface area contributed by atoms with Crippen molar-refractivity contribution in [1.29, 1.82) is 0 Å². The van der Waals surface area contributed by atoms with E-state index in [1.807, 2.05) is 12.1 Å². The number of carbonyl (C=O) groups excluding carboxylic acids is 1. The molecule has 3 nitrogen and oxygen atoms in total. The highest BCUT2D eigenvalue weighted by molar-refractivity contribution is 7.18. The summed E-state index contributed by atoms with van der Waals surface area (Å²) in [5.41, 5.74) is 7.25. The molecule has 1 aromatic carbocycles. The first kappa shape index (κ1) is 12.9. The van der Waals surface area contributed by atoms with Gasteiger partial charge in [-0.3, -0.25) is 0 Å². The molecule has 1 heterocycles. The lowest BCUT2D eigenvalue weighted by atomic mass is 10.2. The van der Waals surface area contributed by atoms with E-state index >= 15 is 0 Å². The van der Waals surface area contributed by atoms with Crippen molar-refractivity contribution in [3.05, 3.63) is 40.2 Å². The highest BCUT2D eigenvalue weighted by Crippen LogP contribution is 2.34. The molecule has 94 valence electrons. The zero-order valence-corrected chi connectivity index (χ0v) is 11.3. The van der Waals surface area contributed by atoms with Crippen molar-refractivity contribution in [2.75, 3.05) is 12.3 Å². The van der Waals surface area contributed by atoms with Gasteiger partial charge in [-0.25, -0.2) is 4.79 Å². The first-order valence-electron chi connectivity index (χ1n) is 5.44. The number of halogens is 1. The molecule has 0 unspecified atom stereocenters. The van der Waals surface area contributed by atoms with Crippen LogP contribution in [-0.2, 0) is 4.74 Å². The Morgan fingerprint density at radius 3 is 2.67 bits per heavy atom. The molecule has 2 aromatic rings. The molecule has 0 amide bonds. The molecule has 5 heteroatoms. The first-order valence-corrected chi connectivity index (χ1v) is 6.63. The number of carbonyl (C=O) groups is 1. The third-order valence-electron chi connectivity index (χ3n) is 2.35. The average Bonchev–Trinajstić information content (AvgIpc) is 2.72. The Morgan fingerprint density at radius 1 is 1.39 bits per heavy atom. The van der Waals surface area contributed by atoms with Crippen molar-refractivity contribution in [2.24, 2.45) is 0 Å². The summed E-state index contributed by atoms with van der Waals surface area (Å²) in [6.07, 6.45) is 0. The Labute approximate surface area is 114 Å². The first-order chi connectivity index (χ1) is 8.61. The van der Waals surface area contributed by atoms with Crippen molar-refractivity contribution >= 4 is 34.6 Å². The van der Waals surface area contributed by atoms with Crippen LogP contribution in [0.5, 0.6) is 0 Å². The summed E-state index contributed by atoms with van der Waals surface area (Å²) < 4.78 is 4.95. The van der Waals surface area contributed by atoms with Crippen LogP contribution in [0.1, 0.15) is 16.6 Å². The van der Waals surface area contributed by atoms with Crippen molar-refractivity contribution in [3.63, 3.8) is 0 Å². The summed E-state index contributed by atoms with van der Waals surface area (Å²) >= 11 is 7.16. The van der Waals surface area contributed by atoms with Gasteiger partial charge in [-0.05, 0) is 30.7 Å². The molecule has 0 saturated heterocycles. The maximum atomic E-state index is 11.7. The third-order valence-corrected chi connectivity index (χ3v) is 3.78. The van der Waals surface area contributed by atoms with Gasteiger partial charge >= 0.3 is 5.97 Å². The quantitative estimate of drug-likeness (QED) is 0.870. The maximum absolute atomic E-state index is 11.7. The number of hydrogen-bond acceptors (Lipinski definition) is 4. The second-order valence-corrected chi connectivity index (χ2v) is 5.11. The Balaban J connectivity index is 2.34. The molecule has 0 saturated carbocycles. The smallest absolute Gasteiger partial charge is 0.350 e. The molecule has 18 heavy (non-hydrogen) atoms. The SMILES string of the molecule is CCOC(=O)c1sc(-c2ccc(Cl)cc2)cc1N. The van der Waals surface area contributed by atoms with Crippen LogP contribution in [-0.4, -0.2) is 12.6 Å². The minimum Gasteiger partial charge on any atom is -0.462 e. The van der Waals surface area contributed by atoms with Crippen LogP contribution >= 0.6 is 22.9 Å². The molecule has 0 aliphatic rings. The Hall–Kier alpha value is -1.52. The van der Waals surface area contributed by atoms with E-state index in [0.29, 0.717) is 22.2 Å². The number of nitrogen functional groups attached to an aromatic ring is 1. The van der Waals surface area contributed by atoms with Crippen molar-refractivity contribution in [1.82, 2.24) is 0 Å². The minimum atomic E-state index is -0.375. The van der Waals surface area contributed by atoms with Gasteiger partial charge in [0.25, 0.3) is 0 Å². The monoisotopic (exact) mass is 281 g/mol. The van der Waals surface area contributed by atoms with Gasteiger partial charge in [0.05, 0.1) is 12.3 Å². The number of thiophene rings is 1. The second kappa shape index (κ2) is 5.42. The van der Waals surface area contributed by atoms with Gasteiger partial charge < -0.3 is 10.5 Å². The fourth-order valence-electron chi connectivity index (χ4n) is 1.52. The summed E-state index contributed by atoms with van der Waals surface area (Å²) in [5, 5.41) is 0.675. The zero-order chi connectivity index (χ0) is 13.1. The highest BCUT2D eigenvalue weighted by Gasteiger charge is 2.16. The van der Waals surface area contributed by atoms with Crippen LogP contribution in [0.2, 0.25) is 5.02 Å². The molecule has 0 atom stereocenters. The molecular weight excluding hydrogens is 270 g/mol. The van der Waals surface area contributed by atoms with Crippen molar-refractivity contribution in [3.8, 4) is 10.4 Å². The number of esters is 1. The summed E-state index contributed by atoms with van der Waals surface area (Å²) in [6.45, 7) is 2.11. The number of anilines is 1. The number of benzene rings is 1. The van der Waals surface area contributed by atoms with Gasteiger partial charge in [0.1, 0.15) is 4.88 Å². The van der Waals surface area contributed by atoms with Crippen molar-refractivity contribution in [2.45, 2.75) is 6.92 Å². The van der Waals surface area contributed by atoms with E-state index in [-0.39, 0.29) is 5.97 Å². The van der Waals surface area contributed by atoms with E-state index in [1.165, 1.54) is 11.3 Å². The average molecular weight is 282 g/mol. The molecule has 0 aliphatic carbocycles. The van der Waals surface area contributed by atoms with Gasteiger partial charge in [0.15, 0.2) is 0 Å². The van der Waals surface area contributed by atoms with Crippen LogP contribution in [0.15, 0.2) is 30.3 Å². The van der Waals surface area contributed by atoms with E-state index in [1.54, 1.807) is 25.1 Å². The molecule has 2 rings (SSSR count). The van der Waals surface area contributed by atoms with Crippen LogP contribution in [0, 0.1) is 0 Å². The summed E-state index contributed by atoms with van der Waals surface area (Å²) in [5.74, 6) is -0.375. The second-order valence-electron chi connectivity index (χ2n) is 3.62. The molecule has 1 aromatic heterocycles. The fourth-order valence-corrected chi connectivity index (χ4v) is 2.62. The van der Waals surface area contributed by atoms with E-state index < -0.39 is 0 Å². The third kappa shape index (κ3) is 2.66. The topological polar surface area (TPSA) is 52.3 Å². The summed E-state index contributed by atoms with van der Waals surface area (Å²) in [7, 11) is 0. The molecule has 0 radical (unpaired) electrons. The van der Waals surface area contributed by atoms with Gasteiger partial charge in [-0.1, -0.05) is 23.7 Å². The van der Waals surface area contributed by atoms with Gasteiger partial charge in [0, 0.05) is 9.90 Å². The highest BCUT2D eigenvalue weighted by atomic mass is 35.5. The molecule has 0 fully saturated rings. The van der Waals surface area contributed by atoms with Crippen LogP contribution in [0.3, 0.4) is 0 Å². The van der Waals surface area contributed by atoms with Crippen molar-refractivity contribution < 1.29 is 9.53 Å².